The van der Waals surface area contributed by atoms with Gasteiger partial charge in [-0.05, 0) is 43.1 Å². The largest absolute Gasteiger partial charge is 0.350 e. The second kappa shape index (κ2) is 9.10. The van der Waals surface area contributed by atoms with Gasteiger partial charge in [-0.3, -0.25) is 4.79 Å². The molecule has 0 bridgehead atoms. The highest BCUT2D eigenvalue weighted by Crippen LogP contribution is 2.14. The van der Waals surface area contributed by atoms with Gasteiger partial charge >= 0.3 is 0 Å². The quantitative estimate of drug-likeness (QED) is 0.620. The fourth-order valence-electron chi connectivity index (χ4n) is 2.24. The van der Waals surface area contributed by atoms with E-state index < -0.39 is 10.0 Å². The first-order valence-electron chi connectivity index (χ1n) is 8.06. The highest BCUT2D eigenvalue weighted by molar-refractivity contribution is 7.89. The van der Waals surface area contributed by atoms with E-state index in [1.807, 2.05) is 31.4 Å². The summed E-state index contributed by atoms with van der Waals surface area (Å²) in [5.41, 5.74) is 0.322. The fourth-order valence-corrected chi connectivity index (χ4v) is 4.02. The Kier molecular flexibility index (Phi) is 7.12. The van der Waals surface area contributed by atoms with Crippen molar-refractivity contribution < 1.29 is 13.2 Å². The molecule has 3 N–H and O–H groups in total. The first kappa shape index (κ1) is 19.6. The zero-order valence-electron chi connectivity index (χ0n) is 14.3. The highest BCUT2D eigenvalue weighted by Gasteiger charge is 2.16. The Morgan fingerprint density at radius 3 is 2.72 bits per heavy atom. The van der Waals surface area contributed by atoms with E-state index in [0.29, 0.717) is 12.1 Å². The first-order valence-corrected chi connectivity index (χ1v) is 10.4. The van der Waals surface area contributed by atoms with Crippen LogP contribution in [0.3, 0.4) is 0 Å². The summed E-state index contributed by atoms with van der Waals surface area (Å²) in [5, 5.41) is 7.89. The van der Waals surface area contributed by atoms with Crippen molar-refractivity contribution in [2.75, 3.05) is 13.1 Å². The van der Waals surface area contributed by atoms with Crippen molar-refractivity contribution in [3.8, 4) is 0 Å². The Morgan fingerprint density at radius 1 is 1.24 bits per heavy atom. The predicted octanol–water partition coefficient (Wildman–Crippen LogP) is 1.95. The van der Waals surface area contributed by atoms with Gasteiger partial charge in [0.25, 0.3) is 5.91 Å². The van der Waals surface area contributed by atoms with Gasteiger partial charge < -0.3 is 10.6 Å². The number of nitrogens with one attached hydrogen (secondary N) is 3. The van der Waals surface area contributed by atoms with E-state index in [1.165, 1.54) is 23.5 Å². The molecule has 0 aliphatic heterocycles. The third-order valence-electron chi connectivity index (χ3n) is 3.54. The molecule has 0 unspecified atom stereocenters. The van der Waals surface area contributed by atoms with Gasteiger partial charge in [-0.2, -0.15) is 0 Å². The van der Waals surface area contributed by atoms with Crippen molar-refractivity contribution in [3.05, 3.63) is 52.2 Å². The van der Waals surface area contributed by atoms with Crippen molar-refractivity contribution in [1.29, 1.82) is 0 Å². The van der Waals surface area contributed by atoms with E-state index in [2.05, 4.69) is 15.4 Å². The third-order valence-corrected chi connectivity index (χ3v) is 5.82. The third kappa shape index (κ3) is 5.93. The Bertz CT molecular complexity index is 789. The SMILES string of the molecule is CCN[C@H](C)CNC(=O)c1cccc(S(=O)(=O)NCc2cccs2)c1. The van der Waals surface area contributed by atoms with Gasteiger partial charge in [0, 0.05) is 29.6 Å². The summed E-state index contributed by atoms with van der Waals surface area (Å²) in [7, 11) is -3.67. The molecule has 0 fully saturated rings. The number of likely N-dealkylation sites (N-methyl/N-ethyl adjacent to an activating group) is 1. The van der Waals surface area contributed by atoms with Gasteiger partial charge in [0.05, 0.1) is 4.90 Å². The van der Waals surface area contributed by atoms with Gasteiger partial charge in [0.2, 0.25) is 10.0 Å². The maximum atomic E-state index is 12.4. The molecule has 0 saturated heterocycles. The minimum absolute atomic E-state index is 0.0800. The molecule has 1 atom stereocenters. The van der Waals surface area contributed by atoms with Crippen molar-refractivity contribution in [2.45, 2.75) is 31.3 Å². The maximum absolute atomic E-state index is 12.4. The van der Waals surface area contributed by atoms with Crippen LogP contribution in [0.15, 0.2) is 46.7 Å². The lowest BCUT2D eigenvalue weighted by molar-refractivity contribution is 0.0950. The second-order valence-corrected chi connectivity index (χ2v) is 8.40. The van der Waals surface area contributed by atoms with E-state index in [-0.39, 0.29) is 23.4 Å². The molecule has 25 heavy (non-hydrogen) atoms. The second-order valence-electron chi connectivity index (χ2n) is 5.60. The lowest BCUT2D eigenvalue weighted by Gasteiger charge is -2.13. The van der Waals surface area contributed by atoms with Crippen LogP contribution in [0.2, 0.25) is 0 Å². The number of hydrogen-bond donors (Lipinski definition) is 3. The zero-order valence-corrected chi connectivity index (χ0v) is 15.9. The number of sulfonamides is 1. The summed E-state index contributed by atoms with van der Waals surface area (Å²) in [4.78, 5) is 13.2. The van der Waals surface area contributed by atoms with Crippen LogP contribution in [0.25, 0.3) is 0 Å². The Labute approximate surface area is 152 Å². The predicted molar refractivity (Wildman–Crippen MR) is 100 cm³/mol. The van der Waals surface area contributed by atoms with E-state index in [4.69, 9.17) is 0 Å². The standard InChI is InChI=1S/C17H23N3O3S2/c1-3-18-13(2)11-19-17(21)14-6-4-8-16(10-14)25(22,23)20-12-15-7-5-9-24-15/h4-10,13,18,20H,3,11-12H2,1-2H3,(H,19,21)/t13-/m1/s1. The zero-order chi connectivity index (χ0) is 18.3. The van der Waals surface area contributed by atoms with Crippen molar-refractivity contribution >= 4 is 27.3 Å². The minimum Gasteiger partial charge on any atom is -0.350 e. The molecule has 8 heteroatoms. The molecule has 1 aromatic heterocycles. The number of hydrogen-bond acceptors (Lipinski definition) is 5. The summed E-state index contributed by atoms with van der Waals surface area (Å²) < 4.78 is 27.4. The monoisotopic (exact) mass is 381 g/mol. The number of rotatable bonds is 9. The van der Waals surface area contributed by atoms with Crippen molar-refractivity contribution in [2.24, 2.45) is 0 Å². The summed E-state index contributed by atoms with van der Waals surface area (Å²) in [6, 6.07) is 9.93. The van der Waals surface area contributed by atoms with Gasteiger partial charge in [0.15, 0.2) is 0 Å². The smallest absolute Gasteiger partial charge is 0.251 e. The van der Waals surface area contributed by atoms with Crippen LogP contribution < -0.4 is 15.4 Å². The number of thiophene rings is 1. The molecule has 0 aliphatic rings. The fraction of sp³-hybridized carbons (Fsp3) is 0.353. The number of amides is 1. The first-order chi connectivity index (χ1) is 11.9. The molecule has 1 heterocycles. The average Bonchev–Trinajstić information content (AvgIpc) is 3.12. The van der Waals surface area contributed by atoms with Gasteiger partial charge in [0.1, 0.15) is 0 Å². The average molecular weight is 382 g/mol. The van der Waals surface area contributed by atoms with E-state index in [9.17, 15) is 13.2 Å². The molecule has 2 aromatic rings. The molecule has 6 nitrogen and oxygen atoms in total. The molecule has 1 amide bonds. The van der Waals surface area contributed by atoms with Crippen LogP contribution in [-0.2, 0) is 16.6 Å². The number of benzene rings is 1. The molecule has 0 radical (unpaired) electrons. The van der Waals surface area contributed by atoms with E-state index in [1.54, 1.807) is 12.1 Å². The van der Waals surface area contributed by atoms with Gasteiger partial charge in [-0.1, -0.05) is 19.1 Å². The number of carbonyl (C=O) groups is 1. The van der Waals surface area contributed by atoms with Gasteiger partial charge in [-0.15, -0.1) is 11.3 Å². The topological polar surface area (TPSA) is 87.3 Å². The summed E-state index contributed by atoms with van der Waals surface area (Å²) in [6.07, 6.45) is 0. The van der Waals surface area contributed by atoms with Crippen LogP contribution in [0.4, 0.5) is 0 Å². The maximum Gasteiger partial charge on any atom is 0.251 e. The number of carbonyl (C=O) groups excluding carboxylic acids is 1. The molecular formula is C17H23N3O3S2. The summed E-state index contributed by atoms with van der Waals surface area (Å²) in [6.45, 7) is 5.49. The van der Waals surface area contributed by atoms with Crippen LogP contribution in [-0.4, -0.2) is 33.5 Å². The van der Waals surface area contributed by atoms with Crippen LogP contribution >= 0.6 is 11.3 Å². The van der Waals surface area contributed by atoms with E-state index in [0.717, 1.165) is 11.4 Å². The van der Waals surface area contributed by atoms with Crippen LogP contribution in [0, 0.1) is 0 Å². The van der Waals surface area contributed by atoms with Crippen LogP contribution in [0.5, 0.6) is 0 Å². The molecular weight excluding hydrogens is 358 g/mol. The highest BCUT2D eigenvalue weighted by atomic mass is 32.2. The normalized spacial score (nSPS) is 12.7. The molecule has 136 valence electrons. The van der Waals surface area contributed by atoms with Crippen molar-refractivity contribution in [3.63, 3.8) is 0 Å². The van der Waals surface area contributed by atoms with Crippen molar-refractivity contribution in [1.82, 2.24) is 15.4 Å². The molecule has 0 aliphatic carbocycles. The lowest BCUT2D eigenvalue weighted by atomic mass is 10.2. The molecule has 0 spiro atoms. The minimum atomic E-state index is -3.67. The lowest BCUT2D eigenvalue weighted by Crippen LogP contribution is -2.38. The molecule has 0 saturated carbocycles. The van der Waals surface area contributed by atoms with Crippen LogP contribution in [0.1, 0.15) is 29.1 Å². The summed E-state index contributed by atoms with van der Waals surface area (Å²) >= 11 is 1.48. The molecule has 2 rings (SSSR count). The Morgan fingerprint density at radius 2 is 2.04 bits per heavy atom. The van der Waals surface area contributed by atoms with Gasteiger partial charge in [-0.25, -0.2) is 13.1 Å². The van der Waals surface area contributed by atoms with E-state index >= 15 is 0 Å². The Hall–Kier alpha value is -1.74. The molecule has 1 aromatic carbocycles. The summed E-state index contributed by atoms with van der Waals surface area (Å²) in [5.74, 6) is -0.292. The Balaban J connectivity index is 2.02.